The first kappa shape index (κ1) is 16.4. The number of fused-ring (bicyclic) bond motifs is 1. The van der Waals surface area contributed by atoms with Crippen molar-refractivity contribution in [2.75, 3.05) is 37.7 Å². The van der Waals surface area contributed by atoms with E-state index >= 15 is 0 Å². The smallest absolute Gasteiger partial charge is 0.409 e. The number of nitrogens with zero attached hydrogens (tertiary/aromatic N) is 6. The third-order valence-corrected chi connectivity index (χ3v) is 4.68. The van der Waals surface area contributed by atoms with E-state index in [1.54, 1.807) is 9.58 Å². The minimum absolute atomic E-state index is 0.229. The molecule has 26 heavy (non-hydrogen) atoms. The van der Waals surface area contributed by atoms with Crippen LogP contribution in [0.5, 0.6) is 0 Å². The van der Waals surface area contributed by atoms with Crippen molar-refractivity contribution < 1.29 is 9.53 Å². The van der Waals surface area contributed by atoms with Crippen LogP contribution in [0.1, 0.15) is 6.92 Å². The highest BCUT2D eigenvalue weighted by molar-refractivity contribution is 5.76. The minimum Gasteiger partial charge on any atom is -0.450 e. The van der Waals surface area contributed by atoms with Crippen LogP contribution in [0.15, 0.2) is 36.9 Å². The van der Waals surface area contributed by atoms with Gasteiger partial charge in [0.25, 0.3) is 0 Å². The molecule has 1 amide bonds. The predicted octanol–water partition coefficient (Wildman–Crippen LogP) is 2.01. The molecule has 0 bridgehead atoms. The number of anilines is 1. The number of amides is 1. The van der Waals surface area contributed by atoms with Crippen LogP contribution >= 0.6 is 0 Å². The van der Waals surface area contributed by atoms with Crippen molar-refractivity contribution in [2.45, 2.75) is 6.92 Å². The van der Waals surface area contributed by atoms with E-state index in [4.69, 9.17) is 4.74 Å². The average Bonchev–Trinajstić information content (AvgIpc) is 3.27. The number of carbonyl (C=O) groups excluding carboxylic acids is 1. The maximum absolute atomic E-state index is 11.8. The number of aromatic nitrogens is 4. The molecule has 0 aliphatic carbocycles. The fourth-order valence-electron chi connectivity index (χ4n) is 3.30. The summed E-state index contributed by atoms with van der Waals surface area (Å²) in [6, 6.07) is 4.18. The molecule has 1 aliphatic heterocycles. The number of ether oxygens (including phenoxy) is 1. The third kappa shape index (κ3) is 2.98. The summed E-state index contributed by atoms with van der Waals surface area (Å²) >= 11 is 0. The number of carbonyl (C=O) groups is 1. The zero-order chi connectivity index (χ0) is 18.1. The molecular weight excluding hydrogens is 332 g/mol. The Morgan fingerprint density at radius 3 is 2.58 bits per heavy atom. The quantitative estimate of drug-likeness (QED) is 0.720. The topological polar surface area (TPSA) is 67.9 Å². The van der Waals surface area contributed by atoms with Crippen LogP contribution in [0.4, 0.5) is 10.5 Å². The second-order valence-electron chi connectivity index (χ2n) is 6.35. The number of hydrogen-bond donors (Lipinski definition) is 0. The van der Waals surface area contributed by atoms with E-state index in [1.807, 2.05) is 43.3 Å². The van der Waals surface area contributed by atoms with Gasteiger partial charge in [0, 0.05) is 56.7 Å². The monoisotopic (exact) mass is 354 g/mol. The Hall–Kier alpha value is -3.03. The van der Waals surface area contributed by atoms with E-state index in [1.165, 1.54) is 0 Å². The summed E-state index contributed by atoms with van der Waals surface area (Å²) in [5, 5.41) is 8.74. The van der Waals surface area contributed by atoms with Crippen molar-refractivity contribution in [1.82, 2.24) is 24.3 Å². The van der Waals surface area contributed by atoms with E-state index in [-0.39, 0.29) is 6.09 Å². The van der Waals surface area contributed by atoms with Crippen molar-refractivity contribution in [1.29, 1.82) is 0 Å². The zero-order valence-electron chi connectivity index (χ0n) is 15.0. The largest absolute Gasteiger partial charge is 0.450 e. The molecule has 0 unspecified atom stereocenters. The number of rotatable bonds is 3. The molecule has 1 fully saturated rings. The maximum atomic E-state index is 11.8. The summed E-state index contributed by atoms with van der Waals surface area (Å²) in [4.78, 5) is 15.9. The summed E-state index contributed by atoms with van der Waals surface area (Å²) in [6.07, 6.45) is 7.51. The van der Waals surface area contributed by atoms with Gasteiger partial charge in [-0.1, -0.05) is 6.07 Å². The first-order valence-electron chi connectivity index (χ1n) is 8.79. The second kappa shape index (κ2) is 6.70. The summed E-state index contributed by atoms with van der Waals surface area (Å²) in [6.45, 7) is 5.09. The molecule has 0 N–H and O–H groups in total. The number of pyridine rings is 1. The zero-order valence-corrected chi connectivity index (χ0v) is 15.0. The van der Waals surface area contributed by atoms with Crippen LogP contribution in [0.2, 0.25) is 0 Å². The van der Waals surface area contributed by atoms with Gasteiger partial charge in [-0.05, 0) is 13.0 Å². The van der Waals surface area contributed by atoms with E-state index in [9.17, 15) is 4.79 Å². The van der Waals surface area contributed by atoms with Gasteiger partial charge in [0.05, 0.1) is 30.2 Å². The van der Waals surface area contributed by atoms with Crippen LogP contribution in [0, 0.1) is 0 Å². The Kier molecular flexibility index (Phi) is 4.24. The van der Waals surface area contributed by atoms with E-state index in [0.717, 1.165) is 35.4 Å². The molecule has 3 aromatic rings. The Labute approximate surface area is 151 Å². The summed E-state index contributed by atoms with van der Waals surface area (Å²) in [5.74, 6) is 0. The third-order valence-electron chi connectivity index (χ3n) is 4.68. The first-order valence-corrected chi connectivity index (χ1v) is 8.79. The van der Waals surface area contributed by atoms with E-state index < -0.39 is 0 Å². The molecule has 0 spiro atoms. The molecule has 8 heteroatoms. The van der Waals surface area contributed by atoms with Gasteiger partial charge in [-0.15, -0.1) is 0 Å². The minimum atomic E-state index is -0.229. The average molecular weight is 354 g/mol. The summed E-state index contributed by atoms with van der Waals surface area (Å²) in [7, 11) is 1.91. The lowest BCUT2D eigenvalue weighted by molar-refractivity contribution is 0.105. The van der Waals surface area contributed by atoms with Gasteiger partial charge >= 0.3 is 6.09 Å². The van der Waals surface area contributed by atoms with Crippen molar-refractivity contribution in [3.63, 3.8) is 0 Å². The Bertz CT molecular complexity index is 923. The lowest BCUT2D eigenvalue weighted by atomic mass is 10.1. The standard InChI is InChI=1S/C18H22N6O2/c1-3-26-18(25)23-8-6-22(7-9-23)17-11-20-24-13-14(4-5-16(17)24)15-10-19-21(2)12-15/h4-5,10-13H,3,6-9H2,1-2H3. The second-order valence-corrected chi connectivity index (χ2v) is 6.35. The molecule has 1 aliphatic rings. The summed E-state index contributed by atoms with van der Waals surface area (Å²) in [5.41, 5.74) is 4.29. The number of hydrogen-bond acceptors (Lipinski definition) is 5. The van der Waals surface area contributed by atoms with Gasteiger partial charge < -0.3 is 14.5 Å². The van der Waals surface area contributed by atoms with Crippen molar-refractivity contribution >= 4 is 17.3 Å². The van der Waals surface area contributed by atoms with Gasteiger partial charge in [-0.3, -0.25) is 4.68 Å². The normalized spacial score (nSPS) is 14.8. The molecular formula is C18H22N6O2. The molecule has 136 valence electrons. The highest BCUT2D eigenvalue weighted by Crippen LogP contribution is 2.26. The van der Waals surface area contributed by atoms with Crippen molar-refractivity contribution in [3.05, 3.63) is 36.9 Å². The molecule has 3 aromatic heterocycles. The van der Waals surface area contributed by atoms with Crippen molar-refractivity contribution in [2.24, 2.45) is 7.05 Å². The molecule has 8 nitrogen and oxygen atoms in total. The highest BCUT2D eigenvalue weighted by atomic mass is 16.6. The van der Waals surface area contributed by atoms with E-state index in [2.05, 4.69) is 27.2 Å². The highest BCUT2D eigenvalue weighted by Gasteiger charge is 2.23. The molecule has 0 atom stereocenters. The van der Waals surface area contributed by atoms with Gasteiger partial charge in [-0.2, -0.15) is 10.2 Å². The lowest BCUT2D eigenvalue weighted by Gasteiger charge is -2.34. The van der Waals surface area contributed by atoms with Gasteiger partial charge in [-0.25, -0.2) is 9.31 Å². The molecule has 4 heterocycles. The van der Waals surface area contributed by atoms with Crippen LogP contribution in [0.3, 0.4) is 0 Å². The van der Waals surface area contributed by atoms with Crippen molar-refractivity contribution in [3.8, 4) is 11.1 Å². The molecule has 1 saturated heterocycles. The molecule has 0 saturated carbocycles. The van der Waals surface area contributed by atoms with Gasteiger partial charge in [0.15, 0.2) is 0 Å². The van der Waals surface area contributed by atoms with E-state index in [0.29, 0.717) is 19.7 Å². The SMILES string of the molecule is CCOC(=O)N1CCN(c2cnn3cc(-c4cnn(C)c4)ccc23)CC1. The fraction of sp³-hybridized carbons (Fsp3) is 0.389. The fourth-order valence-corrected chi connectivity index (χ4v) is 3.30. The Balaban J connectivity index is 1.52. The first-order chi connectivity index (χ1) is 12.7. The Morgan fingerprint density at radius 2 is 1.88 bits per heavy atom. The van der Waals surface area contributed by atoms with Crippen LogP contribution in [-0.2, 0) is 11.8 Å². The molecule has 4 rings (SSSR count). The van der Waals surface area contributed by atoms with Crippen LogP contribution in [0.25, 0.3) is 16.6 Å². The predicted molar refractivity (Wildman–Crippen MR) is 98.2 cm³/mol. The van der Waals surface area contributed by atoms with Crippen LogP contribution < -0.4 is 4.90 Å². The summed E-state index contributed by atoms with van der Waals surface area (Å²) < 4.78 is 8.77. The number of piperazine rings is 1. The van der Waals surface area contributed by atoms with Crippen LogP contribution in [-0.4, -0.2) is 63.2 Å². The number of aryl methyl sites for hydroxylation is 1. The Morgan fingerprint density at radius 1 is 1.08 bits per heavy atom. The lowest BCUT2D eigenvalue weighted by Crippen LogP contribution is -2.48. The molecule has 0 aromatic carbocycles. The molecule has 0 radical (unpaired) electrons. The van der Waals surface area contributed by atoms with Gasteiger partial charge in [0.2, 0.25) is 0 Å². The maximum Gasteiger partial charge on any atom is 0.409 e. The van der Waals surface area contributed by atoms with Gasteiger partial charge in [0.1, 0.15) is 0 Å².